The Morgan fingerprint density at radius 1 is 1.08 bits per heavy atom. The SMILES string of the molecule is CCCC(=O)N(C=O)OC(=O)OCc1ccc(NC(=O)CNC)cc1.CCN.CCOCC(C)(C)OCC=O. The van der Waals surface area contributed by atoms with Gasteiger partial charge in [0, 0.05) is 18.7 Å². The molecule has 0 aliphatic rings. The Bertz CT molecular complexity index is 833. The first-order chi connectivity index (χ1) is 18.5. The molecule has 3 amide bonds. The normalized spacial score (nSPS) is 10.0. The molecule has 1 aromatic rings. The number of hydrogen-bond donors (Lipinski definition) is 3. The van der Waals surface area contributed by atoms with Crippen LogP contribution < -0.4 is 16.4 Å². The van der Waals surface area contributed by atoms with E-state index in [-0.39, 0.29) is 44.1 Å². The van der Waals surface area contributed by atoms with E-state index in [0.717, 1.165) is 12.8 Å². The monoisotopic (exact) mass is 556 g/mol. The van der Waals surface area contributed by atoms with Gasteiger partial charge in [-0.15, -0.1) is 5.06 Å². The maximum Gasteiger partial charge on any atom is 0.534 e. The van der Waals surface area contributed by atoms with E-state index in [1.165, 1.54) is 0 Å². The Hall–Kier alpha value is -3.39. The zero-order valence-electron chi connectivity index (χ0n) is 23.8. The van der Waals surface area contributed by atoms with E-state index in [1.54, 1.807) is 38.2 Å². The van der Waals surface area contributed by atoms with Crippen molar-refractivity contribution in [1.82, 2.24) is 10.4 Å². The third-order valence-electron chi connectivity index (χ3n) is 4.11. The molecule has 0 aliphatic heterocycles. The number of imide groups is 1. The lowest BCUT2D eigenvalue weighted by molar-refractivity contribution is -0.176. The zero-order chi connectivity index (χ0) is 30.1. The predicted molar refractivity (Wildman–Crippen MR) is 145 cm³/mol. The highest BCUT2D eigenvalue weighted by Crippen LogP contribution is 2.11. The molecule has 13 heteroatoms. The molecule has 1 rings (SSSR count). The van der Waals surface area contributed by atoms with Gasteiger partial charge in [-0.05, 0) is 58.5 Å². The molecule has 0 fully saturated rings. The molecule has 13 nitrogen and oxygen atoms in total. The van der Waals surface area contributed by atoms with Crippen molar-refractivity contribution in [3.63, 3.8) is 0 Å². The molecule has 0 aliphatic carbocycles. The summed E-state index contributed by atoms with van der Waals surface area (Å²) in [6, 6.07) is 6.62. The highest BCUT2D eigenvalue weighted by Gasteiger charge is 2.19. The van der Waals surface area contributed by atoms with Gasteiger partial charge in [-0.2, -0.15) is 0 Å². The van der Waals surface area contributed by atoms with Crippen LogP contribution in [0.2, 0.25) is 0 Å². The number of carbonyl (C=O) groups is 5. The molecular weight excluding hydrogens is 512 g/mol. The summed E-state index contributed by atoms with van der Waals surface area (Å²) in [4.78, 5) is 59.6. The number of carbonyl (C=O) groups excluding carboxylic acids is 5. The van der Waals surface area contributed by atoms with E-state index in [2.05, 4.69) is 15.5 Å². The summed E-state index contributed by atoms with van der Waals surface area (Å²) in [5.74, 6) is -0.808. The molecule has 0 saturated heterocycles. The number of anilines is 1. The predicted octanol–water partition coefficient (Wildman–Crippen LogP) is 2.18. The Kier molecular flexibility index (Phi) is 23.0. The molecule has 0 unspecified atom stereocenters. The van der Waals surface area contributed by atoms with Gasteiger partial charge in [-0.1, -0.05) is 26.0 Å². The van der Waals surface area contributed by atoms with Crippen LogP contribution in [-0.2, 0) is 44.8 Å². The maximum atomic E-state index is 11.5. The maximum absolute atomic E-state index is 11.5. The number of hydrogen-bond acceptors (Lipinski definition) is 11. The Morgan fingerprint density at radius 2 is 1.69 bits per heavy atom. The quantitative estimate of drug-likeness (QED) is 0.174. The van der Waals surface area contributed by atoms with Crippen molar-refractivity contribution in [2.45, 2.75) is 59.7 Å². The second-order valence-electron chi connectivity index (χ2n) is 8.26. The van der Waals surface area contributed by atoms with E-state index in [4.69, 9.17) is 19.9 Å². The highest BCUT2D eigenvalue weighted by atomic mass is 16.8. The molecule has 222 valence electrons. The van der Waals surface area contributed by atoms with E-state index in [9.17, 15) is 24.0 Å². The van der Waals surface area contributed by atoms with E-state index >= 15 is 0 Å². The molecule has 0 aromatic heterocycles. The summed E-state index contributed by atoms with van der Waals surface area (Å²) >= 11 is 0. The van der Waals surface area contributed by atoms with Crippen LogP contribution in [0.3, 0.4) is 0 Å². The fourth-order valence-electron chi connectivity index (χ4n) is 2.40. The second kappa shape index (κ2) is 23.7. The Morgan fingerprint density at radius 3 is 2.18 bits per heavy atom. The number of benzene rings is 1. The number of hydroxylamine groups is 2. The summed E-state index contributed by atoms with van der Waals surface area (Å²) in [6.45, 7) is 11.5. The Labute approximate surface area is 230 Å². The third-order valence-corrected chi connectivity index (χ3v) is 4.11. The van der Waals surface area contributed by atoms with Crippen molar-refractivity contribution in [1.29, 1.82) is 0 Å². The van der Waals surface area contributed by atoms with Gasteiger partial charge >= 0.3 is 6.16 Å². The van der Waals surface area contributed by atoms with Crippen LogP contribution >= 0.6 is 0 Å². The molecule has 0 heterocycles. The topological polar surface area (TPSA) is 176 Å². The standard InChI is InChI=1S/C16H21N3O6.C8H16O3.C2H7N/c1-3-4-15(22)19(11-20)25-16(23)24-10-12-5-7-13(8-6-12)18-14(21)9-17-2;1-4-10-7-8(2,3)11-6-5-9;1-2-3/h5-8,11,17H,3-4,9-10H2,1-2H3,(H,18,21);5H,4,6-7H2,1-3H3;2-3H2,1H3. The summed E-state index contributed by atoms with van der Waals surface area (Å²) in [5.41, 5.74) is 5.74. The molecular formula is C26H44N4O9. The number of amides is 3. The number of ether oxygens (including phenoxy) is 3. The molecule has 0 saturated carbocycles. The number of nitrogens with one attached hydrogen (secondary N) is 2. The van der Waals surface area contributed by atoms with Crippen molar-refractivity contribution < 1.29 is 43.0 Å². The van der Waals surface area contributed by atoms with Crippen molar-refractivity contribution in [2.24, 2.45) is 5.73 Å². The molecule has 0 atom stereocenters. The molecule has 1 aromatic carbocycles. The van der Waals surface area contributed by atoms with Crippen LogP contribution in [0.25, 0.3) is 0 Å². The van der Waals surface area contributed by atoms with Gasteiger partial charge in [0.15, 0.2) is 0 Å². The average Bonchev–Trinajstić information content (AvgIpc) is 2.90. The van der Waals surface area contributed by atoms with Crippen LogP contribution in [0, 0.1) is 0 Å². The van der Waals surface area contributed by atoms with Crippen molar-refractivity contribution in [2.75, 3.05) is 45.3 Å². The summed E-state index contributed by atoms with van der Waals surface area (Å²) in [5, 5.41) is 5.72. The number of aldehydes is 1. The van der Waals surface area contributed by atoms with Gasteiger partial charge in [0.2, 0.25) is 5.91 Å². The molecule has 0 spiro atoms. The van der Waals surface area contributed by atoms with Crippen molar-refractivity contribution in [3.8, 4) is 0 Å². The lowest BCUT2D eigenvalue weighted by Crippen LogP contribution is -2.32. The van der Waals surface area contributed by atoms with Gasteiger partial charge < -0.3 is 35.4 Å². The minimum atomic E-state index is -1.16. The van der Waals surface area contributed by atoms with Crippen LogP contribution in [0.15, 0.2) is 24.3 Å². The minimum absolute atomic E-state index is 0.0761. The van der Waals surface area contributed by atoms with Crippen LogP contribution in [0.1, 0.15) is 53.0 Å². The van der Waals surface area contributed by atoms with Gasteiger partial charge in [0.1, 0.15) is 19.5 Å². The van der Waals surface area contributed by atoms with Gasteiger partial charge in [0.05, 0.1) is 18.8 Å². The lowest BCUT2D eigenvalue weighted by atomic mass is 10.1. The summed E-state index contributed by atoms with van der Waals surface area (Å²) in [7, 11) is 1.67. The van der Waals surface area contributed by atoms with E-state index in [1.807, 2.05) is 27.7 Å². The van der Waals surface area contributed by atoms with Crippen LogP contribution in [0.4, 0.5) is 10.5 Å². The number of nitrogens with two attached hydrogens (primary N) is 1. The first-order valence-electron chi connectivity index (χ1n) is 12.5. The summed E-state index contributed by atoms with van der Waals surface area (Å²) < 4.78 is 15.2. The average molecular weight is 557 g/mol. The van der Waals surface area contributed by atoms with Crippen LogP contribution in [-0.4, -0.2) is 81.3 Å². The summed E-state index contributed by atoms with van der Waals surface area (Å²) in [6.07, 6.45) is 0.282. The van der Waals surface area contributed by atoms with E-state index in [0.29, 0.717) is 35.9 Å². The molecule has 0 bridgehead atoms. The van der Waals surface area contributed by atoms with Crippen molar-refractivity contribution in [3.05, 3.63) is 29.8 Å². The van der Waals surface area contributed by atoms with Crippen molar-refractivity contribution >= 4 is 36.4 Å². The zero-order valence-corrected chi connectivity index (χ0v) is 23.8. The second-order valence-corrected chi connectivity index (χ2v) is 8.26. The highest BCUT2D eigenvalue weighted by molar-refractivity contribution is 5.92. The van der Waals surface area contributed by atoms with Crippen LogP contribution in [0.5, 0.6) is 0 Å². The lowest BCUT2D eigenvalue weighted by Gasteiger charge is -2.23. The fraction of sp³-hybridized carbons (Fsp3) is 0.577. The molecule has 39 heavy (non-hydrogen) atoms. The molecule has 4 N–H and O–H groups in total. The first-order valence-corrected chi connectivity index (χ1v) is 12.5. The molecule has 0 radical (unpaired) electrons. The largest absolute Gasteiger partial charge is 0.534 e. The van der Waals surface area contributed by atoms with E-state index < -0.39 is 12.1 Å². The smallest absolute Gasteiger partial charge is 0.428 e. The first kappa shape index (κ1) is 37.8. The minimum Gasteiger partial charge on any atom is -0.428 e. The van der Waals surface area contributed by atoms with Gasteiger partial charge in [0.25, 0.3) is 12.3 Å². The number of likely N-dealkylation sites (N-methyl/N-ethyl adjacent to an activating group) is 1. The Balaban J connectivity index is 0. The van der Waals surface area contributed by atoms with Gasteiger partial charge in [-0.25, -0.2) is 4.79 Å². The number of nitrogens with zero attached hydrogens (tertiary/aromatic N) is 1. The third kappa shape index (κ3) is 21.3. The van der Waals surface area contributed by atoms with Gasteiger partial charge in [-0.3, -0.25) is 19.2 Å². The fourth-order valence-corrected chi connectivity index (χ4v) is 2.40. The number of rotatable bonds is 14.